The van der Waals surface area contributed by atoms with Gasteiger partial charge in [-0.25, -0.2) is 0 Å². The summed E-state index contributed by atoms with van der Waals surface area (Å²) in [6.07, 6.45) is 1.49. The van der Waals surface area contributed by atoms with Gasteiger partial charge in [-0.3, -0.25) is 4.79 Å². The minimum Gasteiger partial charge on any atom is -0.345 e. The molecule has 18 heavy (non-hydrogen) atoms. The number of carbonyl (C=O) groups is 1. The predicted molar refractivity (Wildman–Crippen MR) is 68.8 cm³/mol. The molecule has 100 valence electrons. The molecule has 0 saturated carbocycles. The Morgan fingerprint density at radius 1 is 1.33 bits per heavy atom. The molecule has 2 aliphatic heterocycles. The minimum atomic E-state index is 0. The van der Waals surface area contributed by atoms with Crippen LogP contribution in [0.4, 0.5) is 0 Å². The third-order valence-electron chi connectivity index (χ3n) is 3.60. The van der Waals surface area contributed by atoms with E-state index in [2.05, 4.69) is 20.1 Å². The molecule has 3 heterocycles. The summed E-state index contributed by atoms with van der Waals surface area (Å²) >= 11 is 0. The predicted octanol–water partition coefficient (Wildman–Crippen LogP) is -0.209. The van der Waals surface area contributed by atoms with Crippen molar-refractivity contribution in [2.45, 2.75) is 25.3 Å². The van der Waals surface area contributed by atoms with E-state index < -0.39 is 0 Å². The largest absolute Gasteiger partial charge is 0.345 e. The molecule has 1 N–H and O–H groups in total. The van der Waals surface area contributed by atoms with Gasteiger partial charge in [-0.05, 0) is 0 Å². The molecule has 2 aliphatic rings. The highest BCUT2D eigenvalue weighted by atomic mass is 35.5. The van der Waals surface area contributed by atoms with E-state index >= 15 is 0 Å². The van der Waals surface area contributed by atoms with Gasteiger partial charge < -0.3 is 14.8 Å². The Kier molecular flexibility index (Phi) is 3.87. The fourth-order valence-electron chi connectivity index (χ4n) is 2.63. The molecule has 1 amide bonds. The van der Waals surface area contributed by atoms with Crippen LogP contribution in [0.15, 0.2) is 0 Å². The molecule has 1 unspecified atom stereocenters. The van der Waals surface area contributed by atoms with Gasteiger partial charge in [0.2, 0.25) is 5.91 Å². The zero-order valence-corrected chi connectivity index (χ0v) is 11.2. The lowest BCUT2D eigenvalue weighted by Gasteiger charge is -2.12. The smallest absolute Gasteiger partial charge is 0.223 e. The number of nitrogens with zero attached hydrogens (tertiary/aromatic N) is 4. The van der Waals surface area contributed by atoms with Crippen molar-refractivity contribution in [1.29, 1.82) is 0 Å². The average Bonchev–Trinajstić information content (AvgIpc) is 2.76. The van der Waals surface area contributed by atoms with Gasteiger partial charge in [0.15, 0.2) is 0 Å². The number of nitrogens with one attached hydrogen (secondary N) is 1. The molecule has 0 aromatic carbocycles. The Labute approximate surface area is 112 Å². The summed E-state index contributed by atoms with van der Waals surface area (Å²) in [7, 11) is 1.85. The van der Waals surface area contributed by atoms with Crippen LogP contribution in [0.1, 0.15) is 24.0 Å². The van der Waals surface area contributed by atoms with Gasteiger partial charge in [-0.15, -0.1) is 22.6 Å². The molecule has 6 nitrogen and oxygen atoms in total. The van der Waals surface area contributed by atoms with Crippen molar-refractivity contribution >= 4 is 18.3 Å². The number of likely N-dealkylation sites (tertiary alicyclic amines) is 1. The number of amides is 1. The van der Waals surface area contributed by atoms with E-state index in [9.17, 15) is 4.79 Å². The SMILES string of the molecule is CN1CC(c2nnc3n2CCNCC3)CC1=O.Cl. The maximum atomic E-state index is 11.6. The Balaban J connectivity index is 0.00000120. The van der Waals surface area contributed by atoms with Gasteiger partial charge in [0, 0.05) is 52.0 Å². The van der Waals surface area contributed by atoms with Crippen molar-refractivity contribution < 1.29 is 4.79 Å². The normalized spacial score (nSPS) is 23.5. The Hall–Kier alpha value is -1.14. The fraction of sp³-hybridized carbons (Fsp3) is 0.727. The van der Waals surface area contributed by atoms with Crippen LogP contribution in [-0.4, -0.2) is 52.3 Å². The lowest BCUT2D eigenvalue weighted by Crippen LogP contribution is -2.20. The third kappa shape index (κ3) is 2.22. The van der Waals surface area contributed by atoms with Gasteiger partial charge in [-0.2, -0.15) is 0 Å². The van der Waals surface area contributed by atoms with Crippen molar-refractivity contribution in [3.05, 3.63) is 11.6 Å². The monoisotopic (exact) mass is 271 g/mol. The Bertz CT molecular complexity index is 447. The number of halogens is 1. The second kappa shape index (κ2) is 5.24. The zero-order chi connectivity index (χ0) is 11.8. The molecule has 1 aromatic heterocycles. The summed E-state index contributed by atoms with van der Waals surface area (Å²) in [5.41, 5.74) is 0. The molecule has 1 saturated heterocycles. The van der Waals surface area contributed by atoms with Crippen LogP contribution in [-0.2, 0) is 17.8 Å². The van der Waals surface area contributed by atoms with Crippen LogP contribution in [0.25, 0.3) is 0 Å². The van der Waals surface area contributed by atoms with Crippen molar-refractivity contribution in [2.75, 3.05) is 26.7 Å². The molecule has 1 aromatic rings. The van der Waals surface area contributed by atoms with Crippen molar-refractivity contribution in [3.8, 4) is 0 Å². The molecule has 0 aliphatic carbocycles. The topological polar surface area (TPSA) is 63.1 Å². The number of likely N-dealkylation sites (N-methyl/N-ethyl adjacent to an activating group) is 1. The number of hydrogen-bond acceptors (Lipinski definition) is 4. The van der Waals surface area contributed by atoms with Crippen molar-refractivity contribution in [2.24, 2.45) is 0 Å². The first-order valence-electron chi connectivity index (χ1n) is 6.12. The highest BCUT2D eigenvalue weighted by Crippen LogP contribution is 2.26. The second-order valence-corrected chi connectivity index (χ2v) is 4.80. The first kappa shape index (κ1) is 13.3. The van der Waals surface area contributed by atoms with Gasteiger partial charge in [0.25, 0.3) is 0 Å². The van der Waals surface area contributed by atoms with E-state index in [1.54, 1.807) is 4.90 Å². The van der Waals surface area contributed by atoms with Gasteiger partial charge in [0.1, 0.15) is 11.6 Å². The molecule has 1 fully saturated rings. The highest BCUT2D eigenvalue weighted by Gasteiger charge is 2.32. The van der Waals surface area contributed by atoms with Crippen LogP contribution >= 0.6 is 12.4 Å². The zero-order valence-electron chi connectivity index (χ0n) is 10.4. The quantitative estimate of drug-likeness (QED) is 0.768. The van der Waals surface area contributed by atoms with E-state index in [1.165, 1.54) is 0 Å². The fourth-order valence-corrected chi connectivity index (χ4v) is 2.63. The van der Waals surface area contributed by atoms with Gasteiger partial charge >= 0.3 is 0 Å². The van der Waals surface area contributed by atoms with E-state index in [4.69, 9.17) is 0 Å². The number of aromatic nitrogens is 3. The molecule has 0 radical (unpaired) electrons. The minimum absolute atomic E-state index is 0. The molecule has 1 atom stereocenters. The molecule has 3 rings (SSSR count). The molecular weight excluding hydrogens is 254 g/mol. The van der Waals surface area contributed by atoms with Gasteiger partial charge in [-0.1, -0.05) is 0 Å². The first-order valence-corrected chi connectivity index (χ1v) is 6.12. The van der Waals surface area contributed by atoms with Gasteiger partial charge in [0.05, 0.1) is 0 Å². The summed E-state index contributed by atoms with van der Waals surface area (Å²) < 4.78 is 2.19. The number of hydrogen-bond donors (Lipinski definition) is 1. The molecule has 0 spiro atoms. The van der Waals surface area contributed by atoms with Crippen LogP contribution in [0.2, 0.25) is 0 Å². The Morgan fingerprint density at radius 2 is 2.17 bits per heavy atom. The van der Waals surface area contributed by atoms with Crippen molar-refractivity contribution in [3.63, 3.8) is 0 Å². The number of rotatable bonds is 1. The summed E-state index contributed by atoms with van der Waals surface area (Å²) in [6, 6.07) is 0. The summed E-state index contributed by atoms with van der Waals surface area (Å²) in [5, 5.41) is 11.9. The summed E-state index contributed by atoms with van der Waals surface area (Å²) in [4.78, 5) is 13.4. The summed E-state index contributed by atoms with van der Waals surface area (Å²) in [6.45, 7) is 3.59. The summed E-state index contributed by atoms with van der Waals surface area (Å²) in [5.74, 6) is 2.46. The van der Waals surface area contributed by atoms with E-state index in [0.717, 1.165) is 44.2 Å². The Morgan fingerprint density at radius 3 is 2.89 bits per heavy atom. The van der Waals surface area contributed by atoms with Crippen LogP contribution in [0.5, 0.6) is 0 Å². The number of carbonyl (C=O) groups excluding carboxylic acids is 1. The lowest BCUT2D eigenvalue weighted by molar-refractivity contribution is -0.126. The van der Waals surface area contributed by atoms with Crippen LogP contribution in [0.3, 0.4) is 0 Å². The highest BCUT2D eigenvalue weighted by molar-refractivity contribution is 5.85. The van der Waals surface area contributed by atoms with Crippen LogP contribution < -0.4 is 5.32 Å². The van der Waals surface area contributed by atoms with Crippen LogP contribution in [0, 0.1) is 0 Å². The third-order valence-corrected chi connectivity index (χ3v) is 3.60. The number of fused-ring (bicyclic) bond motifs is 1. The molecule has 0 bridgehead atoms. The van der Waals surface area contributed by atoms with Crippen molar-refractivity contribution in [1.82, 2.24) is 25.0 Å². The van der Waals surface area contributed by atoms with E-state index in [0.29, 0.717) is 6.42 Å². The van der Waals surface area contributed by atoms with E-state index in [-0.39, 0.29) is 24.2 Å². The average molecular weight is 272 g/mol. The maximum absolute atomic E-state index is 11.6. The first-order chi connectivity index (χ1) is 8.25. The second-order valence-electron chi connectivity index (χ2n) is 4.80. The standard InChI is InChI=1S/C11H17N5O.ClH/c1-15-7-8(6-10(15)17)11-14-13-9-2-3-12-4-5-16(9)11;/h8,12H,2-7H2,1H3;1H. The lowest BCUT2D eigenvalue weighted by atomic mass is 10.1. The molecule has 7 heteroatoms. The molecular formula is C11H18ClN5O. The maximum Gasteiger partial charge on any atom is 0.223 e. The van der Waals surface area contributed by atoms with E-state index in [1.807, 2.05) is 7.05 Å².